The second-order valence-corrected chi connectivity index (χ2v) is 8.07. The first-order valence-corrected chi connectivity index (χ1v) is 10.6. The maximum Gasteiger partial charge on any atom is 0.227 e. The number of allylic oxidation sites excluding steroid dienone is 1. The van der Waals surface area contributed by atoms with Crippen LogP contribution in [0.25, 0.3) is 0 Å². The number of benzene rings is 2. The fourth-order valence-corrected chi connectivity index (χ4v) is 4.05. The Balaban J connectivity index is 2.09. The lowest BCUT2D eigenvalue weighted by Crippen LogP contribution is -2.22. The molecule has 8 heteroatoms. The number of rotatable bonds is 6. The van der Waals surface area contributed by atoms with E-state index in [1.807, 2.05) is 32.0 Å². The summed E-state index contributed by atoms with van der Waals surface area (Å²) in [5, 5.41) is 12.7. The Morgan fingerprint density at radius 1 is 1.32 bits per heavy atom. The fourth-order valence-electron chi connectivity index (χ4n) is 3.43. The van der Waals surface area contributed by atoms with Gasteiger partial charge in [0.1, 0.15) is 17.4 Å². The molecule has 0 saturated carbocycles. The van der Waals surface area contributed by atoms with E-state index < -0.39 is 5.92 Å². The van der Waals surface area contributed by atoms with Crippen molar-refractivity contribution < 1.29 is 19.0 Å². The molecule has 0 radical (unpaired) electrons. The van der Waals surface area contributed by atoms with Crippen molar-refractivity contribution in [3.05, 3.63) is 57.4 Å². The van der Waals surface area contributed by atoms with E-state index in [0.717, 1.165) is 17.5 Å². The molecule has 31 heavy (non-hydrogen) atoms. The van der Waals surface area contributed by atoms with Crippen LogP contribution in [0.5, 0.6) is 17.2 Å². The molecule has 0 saturated heterocycles. The first kappa shape index (κ1) is 22.5. The number of carbonyl (C=O) groups is 1. The molecule has 0 aliphatic carbocycles. The number of carbonyl (C=O) groups excluding carboxylic acids is 1. The van der Waals surface area contributed by atoms with E-state index in [0.29, 0.717) is 33.0 Å². The topological polar surface area (TPSA) is 107 Å². The SMILES string of the molecule is CCC(C)C(=O)Nc1ccc2c(c1)OC(N)=C(C#N)C2c1cc(Br)c(OC)c(OC)c1. The molecule has 0 fully saturated rings. The molecule has 0 spiro atoms. The van der Waals surface area contributed by atoms with E-state index in [2.05, 4.69) is 27.3 Å². The standard InChI is InChI=1S/C23H24BrN3O4/c1-5-12(2)23(28)27-14-6-7-15-18(10-14)31-22(26)16(11-25)20(15)13-8-17(24)21(30-4)19(9-13)29-3/h6-10,12,20H,5,26H2,1-4H3,(H,27,28). The first-order valence-electron chi connectivity index (χ1n) is 9.78. The van der Waals surface area contributed by atoms with Crippen LogP contribution in [0, 0.1) is 17.2 Å². The van der Waals surface area contributed by atoms with Crippen LogP contribution in [0.1, 0.15) is 37.3 Å². The number of nitriles is 1. The Kier molecular flexibility index (Phi) is 6.76. The fraction of sp³-hybridized carbons (Fsp3) is 0.304. The molecule has 2 atom stereocenters. The Bertz CT molecular complexity index is 1090. The van der Waals surface area contributed by atoms with Crippen LogP contribution in [0.15, 0.2) is 46.3 Å². The molecule has 3 rings (SSSR count). The van der Waals surface area contributed by atoms with Gasteiger partial charge >= 0.3 is 0 Å². The van der Waals surface area contributed by atoms with E-state index >= 15 is 0 Å². The van der Waals surface area contributed by atoms with Crippen molar-refractivity contribution in [1.82, 2.24) is 0 Å². The number of nitrogens with zero attached hydrogens (tertiary/aromatic N) is 1. The molecule has 162 valence electrons. The van der Waals surface area contributed by atoms with Gasteiger partial charge in [0.2, 0.25) is 11.8 Å². The van der Waals surface area contributed by atoms with Crippen molar-refractivity contribution in [2.24, 2.45) is 11.7 Å². The van der Waals surface area contributed by atoms with Crippen LogP contribution in [0.4, 0.5) is 5.69 Å². The number of halogens is 1. The number of ether oxygens (including phenoxy) is 3. The van der Waals surface area contributed by atoms with Crippen molar-refractivity contribution in [2.75, 3.05) is 19.5 Å². The molecule has 0 bridgehead atoms. The minimum atomic E-state index is -0.468. The van der Waals surface area contributed by atoms with Crippen molar-refractivity contribution >= 4 is 27.5 Å². The van der Waals surface area contributed by atoms with E-state index in [9.17, 15) is 10.1 Å². The summed E-state index contributed by atoms with van der Waals surface area (Å²) >= 11 is 3.51. The molecular weight excluding hydrogens is 462 g/mol. The van der Waals surface area contributed by atoms with Crippen LogP contribution >= 0.6 is 15.9 Å². The minimum Gasteiger partial charge on any atom is -0.493 e. The van der Waals surface area contributed by atoms with Crippen LogP contribution in [-0.2, 0) is 4.79 Å². The summed E-state index contributed by atoms with van der Waals surface area (Å²) < 4.78 is 17.3. The van der Waals surface area contributed by atoms with Crippen LogP contribution in [0.2, 0.25) is 0 Å². The maximum absolute atomic E-state index is 12.3. The summed E-state index contributed by atoms with van der Waals surface area (Å²) in [6, 6.07) is 11.2. The number of hydrogen-bond donors (Lipinski definition) is 2. The normalized spacial score (nSPS) is 15.9. The second kappa shape index (κ2) is 9.31. The van der Waals surface area contributed by atoms with Gasteiger partial charge in [0.05, 0.1) is 24.6 Å². The second-order valence-electron chi connectivity index (χ2n) is 7.21. The van der Waals surface area contributed by atoms with Gasteiger partial charge in [0, 0.05) is 23.2 Å². The third kappa shape index (κ3) is 4.32. The lowest BCUT2D eigenvalue weighted by molar-refractivity contribution is -0.119. The van der Waals surface area contributed by atoms with Gasteiger partial charge in [-0.05, 0) is 46.1 Å². The average Bonchev–Trinajstić information content (AvgIpc) is 2.76. The Morgan fingerprint density at radius 2 is 2.06 bits per heavy atom. The van der Waals surface area contributed by atoms with Gasteiger partial charge in [0.25, 0.3) is 0 Å². The Labute approximate surface area is 189 Å². The molecule has 1 amide bonds. The van der Waals surface area contributed by atoms with Gasteiger partial charge in [-0.25, -0.2) is 0 Å². The highest BCUT2D eigenvalue weighted by atomic mass is 79.9. The number of fused-ring (bicyclic) bond motifs is 1. The highest BCUT2D eigenvalue weighted by molar-refractivity contribution is 9.10. The monoisotopic (exact) mass is 485 g/mol. The van der Waals surface area contributed by atoms with Crippen LogP contribution in [0.3, 0.4) is 0 Å². The van der Waals surface area contributed by atoms with Gasteiger partial charge in [-0.15, -0.1) is 0 Å². The highest BCUT2D eigenvalue weighted by Gasteiger charge is 2.32. The van der Waals surface area contributed by atoms with Crippen molar-refractivity contribution in [3.8, 4) is 23.3 Å². The molecule has 2 aromatic rings. The summed E-state index contributed by atoms with van der Waals surface area (Å²) in [6.45, 7) is 3.83. The first-order chi connectivity index (χ1) is 14.8. The van der Waals surface area contributed by atoms with Crippen molar-refractivity contribution in [1.29, 1.82) is 5.26 Å². The van der Waals surface area contributed by atoms with Gasteiger partial charge in [-0.1, -0.05) is 19.9 Å². The van der Waals surface area contributed by atoms with Crippen molar-refractivity contribution in [2.45, 2.75) is 26.2 Å². The third-order valence-corrected chi connectivity index (χ3v) is 5.92. The summed E-state index contributed by atoms with van der Waals surface area (Å²) in [4.78, 5) is 12.3. The Morgan fingerprint density at radius 3 is 2.68 bits per heavy atom. The minimum absolute atomic E-state index is 0.0244. The summed E-state index contributed by atoms with van der Waals surface area (Å²) in [7, 11) is 3.10. The lowest BCUT2D eigenvalue weighted by Gasteiger charge is -2.27. The van der Waals surface area contributed by atoms with E-state index in [1.54, 1.807) is 26.4 Å². The Hall–Kier alpha value is -3.18. The lowest BCUT2D eigenvalue weighted by atomic mass is 9.83. The predicted molar refractivity (Wildman–Crippen MR) is 121 cm³/mol. The van der Waals surface area contributed by atoms with Gasteiger partial charge in [0.15, 0.2) is 11.5 Å². The van der Waals surface area contributed by atoms with Crippen molar-refractivity contribution in [3.63, 3.8) is 0 Å². The van der Waals surface area contributed by atoms with Crippen LogP contribution in [-0.4, -0.2) is 20.1 Å². The van der Waals surface area contributed by atoms with Gasteiger partial charge < -0.3 is 25.3 Å². The molecule has 1 aliphatic rings. The average molecular weight is 486 g/mol. The molecule has 2 aromatic carbocycles. The zero-order valence-corrected chi connectivity index (χ0v) is 19.4. The number of anilines is 1. The number of nitrogens with two attached hydrogens (primary N) is 1. The largest absolute Gasteiger partial charge is 0.493 e. The zero-order chi connectivity index (χ0) is 22.7. The van der Waals surface area contributed by atoms with E-state index in [1.165, 1.54) is 0 Å². The van der Waals surface area contributed by atoms with E-state index in [4.69, 9.17) is 19.9 Å². The summed E-state index contributed by atoms with van der Waals surface area (Å²) in [5.74, 6) is 0.934. The molecule has 7 nitrogen and oxygen atoms in total. The van der Waals surface area contributed by atoms with E-state index in [-0.39, 0.29) is 17.7 Å². The smallest absolute Gasteiger partial charge is 0.227 e. The number of amides is 1. The van der Waals surface area contributed by atoms with Crippen LogP contribution < -0.4 is 25.3 Å². The van der Waals surface area contributed by atoms with Gasteiger partial charge in [-0.3, -0.25) is 4.79 Å². The third-order valence-electron chi connectivity index (χ3n) is 5.34. The molecular formula is C23H24BrN3O4. The molecule has 1 aliphatic heterocycles. The number of hydrogen-bond acceptors (Lipinski definition) is 6. The number of nitrogens with one attached hydrogen (secondary N) is 1. The molecule has 0 aromatic heterocycles. The quantitative estimate of drug-likeness (QED) is 0.615. The molecule has 3 N–H and O–H groups in total. The summed E-state index contributed by atoms with van der Waals surface area (Å²) in [6.07, 6.45) is 0.741. The highest BCUT2D eigenvalue weighted by Crippen LogP contribution is 2.46. The zero-order valence-electron chi connectivity index (χ0n) is 17.8. The predicted octanol–water partition coefficient (Wildman–Crippen LogP) is 4.67. The molecule has 1 heterocycles. The molecule has 2 unspecified atom stereocenters. The van der Waals surface area contributed by atoms with Gasteiger partial charge in [-0.2, -0.15) is 5.26 Å². The maximum atomic E-state index is 12.3. The number of methoxy groups -OCH3 is 2. The summed E-state index contributed by atoms with van der Waals surface area (Å²) in [5.41, 5.74) is 8.53.